The molecular formula is C22H25ClN2O2. The maximum atomic E-state index is 13.6. The van der Waals surface area contributed by atoms with E-state index in [2.05, 4.69) is 4.98 Å². The van der Waals surface area contributed by atoms with Crippen molar-refractivity contribution < 1.29 is 9.53 Å². The van der Waals surface area contributed by atoms with Gasteiger partial charge in [0.1, 0.15) is 11.9 Å². The molecule has 1 aliphatic heterocycles. The van der Waals surface area contributed by atoms with Gasteiger partial charge in [0, 0.05) is 24.0 Å². The fraction of sp³-hybridized carbons (Fsp3) is 0.455. The molecule has 1 aromatic heterocycles. The number of aromatic nitrogens is 1. The summed E-state index contributed by atoms with van der Waals surface area (Å²) in [6.45, 7) is 1.46. The van der Waals surface area contributed by atoms with Gasteiger partial charge in [0.2, 0.25) is 5.91 Å². The number of nitrogens with zero attached hydrogens (tertiary/aromatic N) is 2. The largest absolute Gasteiger partial charge is 0.488 e. The van der Waals surface area contributed by atoms with Crippen molar-refractivity contribution in [2.75, 3.05) is 13.1 Å². The summed E-state index contributed by atoms with van der Waals surface area (Å²) in [6, 6.07) is 11.6. The van der Waals surface area contributed by atoms with Gasteiger partial charge in [-0.3, -0.25) is 9.78 Å². The van der Waals surface area contributed by atoms with Gasteiger partial charge < -0.3 is 9.64 Å². The van der Waals surface area contributed by atoms with Crippen LogP contribution in [0.4, 0.5) is 0 Å². The van der Waals surface area contributed by atoms with Gasteiger partial charge in [0.05, 0.1) is 12.0 Å². The number of rotatable bonds is 4. The minimum Gasteiger partial charge on any atom is -0.488 e. The molecule has 2 fully saturated rings. The van der Waals surface area contributed by atoms with Crippen molar-refractivity contribution in [1.82, 2.24) is 9.88 Å². The summed E-state index contributed by atoms with van der Waals surface area (Å²) < 4.78 is 6.10. The summed E-state index contributed by atoms with van der Waals surface area (Å²) in [6.07, 6.45) is 9.47. The van der Waals surface area contributed by atoms with Crippen LogP contribution >= 0.6 is 11.6 Å². The number of carbonyl (C=O) groups excluding carboxylic acids is 1. The van der Waals surface area contributed by atoms with Crippen molar-refractivity contribution in [1.29, 1.82) is 0 Å². The molecule has 1 amide bonds. The van der Waals surface area contributed by atoms with Gasteiger partial charge in [-0.1, -0.05) is 36.6 Å². The summed E-state index contributed by atoms with van der Waals surface area (Å²) in [7, 11) is 0. The number of hydrogen-bond donors (Lipinski definition) is 0. The second kappa shape index (κ2) is 7.89. The van der Waals surface area contributed by atoms with Gasteiger partial charge in [-0.05, 0) is 55.5 Å². The highest BCUT2D eigenvalue weighted by Crippen LogP contribution is 2.43. The van der Waals surface area contributed by atoms with Crippen molar-refractivity contribution in [2.24, 2.45) is 0 Å². The van der Waals surface area contributed by atoms with Gasteiger partial charge in [0.25, 0.3) is 0 Å². The molecular weight excluding hydrogens is 360 g/mol. The predicted molar refractivity (Wildman–Crippen MR) is 106 cm³/mol. The number of halogens is 1. The first-order valence-electron chi connectivity index (χ1n) is 9.79. The van der Waals surface area contributed by atoms with E-state index in [-0.39, 0.29) is 12.0 Å². The summed E-state index contributed by atoms with van der Waals surface area (Å²) in [5.74, 6) is 1.07. The van der Waals surface area contributed by atoms with Gasteiger partial charge >= 0.3 is 0 Å². The lowest BCUT2D eigenvalue weighted by molar-refractivity contribution is -0.140. The topological polar surface area (TPSA) is 42.4 Å². The van der Waals surface area contributed by atoms with Crippen LogP contribution < -0.4 is 4.74 Å². The number of carbonyl (C=O) groups is 1. The molecule has 4 rings (SSSR count). The highest BCUT2D eigenvalue weighted by molar-refractivity contribution is 6.30. The molecule has 2 aromatic rings. The second-order valence-corrected chi connectivity index (χ2v) is 8.05. The van der Waals surface area contributed by atoms with Crippen LogP contribution in [0.3, 0.4) is 0 Å². The smallest absolute Gasteiger partial charge is 0.233 e. The molecule has 5 heteroatoms. The molecule has 142 valence electrons. The molecule has 1 saturated heterocycles. The highest BCUT2D eigenvalue weighted by atomic mass is 35.5. The normalized spacial score (nSPS) is 21.8. The second-order valence-electron chi connectivity index (χ2n) is 7.61. The van der Waals surface area contributed by atoms with Crippen LogP contribution in [0.5, 0.6) is 5.75 Å². The maximum Gasteiger partial charge on any atom is 0.233 e. The standard InChI is InChI=1S/C22H25ClN2O2/c23-18-7-5-17(6-8-18)22(11-1-2-12-22)21(26)25-15-3-4-20(16-25)27-19-9-13-24-14-10-19/h5-10,13-14,20H,1-4,11-12,15-16H2. The lowest BCUT2D eigenvalue weighted by Crippen LogP contribution is -2.51. The molecule has 0 N–H and O–H groups in total. The van der Waals surface area contributed by atoms with Gasteiger partial charge in [-0.2, -0.15) is 0 Å². The Hall–Kier alpha value is -2.07. The fourth-order valence-electron chi connectivity index (χ4n) is 4.50. The molecule has 4 nitrogen and oxygen atoms in total. The SMILES string of the molecule is O=C(N1CCCC(Oc2ccncc2)C1)C1(c2ccc(Cl)cc2)CCCC1. The molecule has 1 aromatic carbocycles. The zero-order chi connectivity index (χ0) is 18.7. The molecule has 1 atom stereocenters. The van der Waals surface area contributed by atoms with Crippen LogP contribution in [0.2, 0.25) is 5.02 Å². The Bertz CT molecular complexity index is 773. The number of piperidine rings is 1. The van der Waals surface area contributed by atoms with Gasteiger partial charge in [-0.15, -0.1) is 0 Å². The first kappa shape index (κ1) is 18.3. The van der Waals surface area contributed by atoms with E-state index in [1.54, 1.807) is 12.4 Å². The molecule has 1 saturated carbocycles. The Balaban J connectivity index is 1.52. The third-order valence-electron chi connectivity index (χ3n) is 5.88. The molecule has 0 spiro atoms. The summed E-state index contributed by atoms with van der Waals surface area (Å²) in [5, 5.41) is 0.711. The van der Waals surface area contributed by atoms with E-state index in [0.29, 0.717) is 11.6 Å². The Labute approximate surface area is 165 Å². The van der Waals surface area contributed by atoms with Gasteiger partial charge in [0.15, 0.2) is 0 Å². The van der Waals surface area contributed by atoms with Crippen molar-refractivity contribution >= 4 is 17.5 Å². The van der Waals surface area contributed by atoms with E-state index in [4.69, 9.17) is 16.3 Å². The number of amides is 1. The maximum absolute atomic E-state index is 13.6. The predicted octanol–water partition coefficient (Wildman–Crippen LogP) is 4.62. The molecule has 1 unspecified atom stereocenters. The zero-order valence-electron chi connectivity index (χ0n) is 15.4. The minimum absolute atomic E-state index is 0.0359. The first-order valence-corrected chi connectivity index (χ1v) is 10.2. The molecule has 0 bridgehead atoms. The average molecular weight is 385 g/mol. The first-order chi connectivity index (χ1) is 13.2. The Morgan fingerprint density at radius 1 is 1.07 bits per heavy atom. The summed E-state index contributed by atoms with van der Waals surface area (Å²) in [4.78, 5) is 19.7. The Morgan fingerprint density at radius 2 is 1.78 bits per heavy atom. The van der Waals surface area contributed by atoms with Crippen LogP contribution in [-0.2, 0) is 10.2 Å². The average Bonchev–Trinajstić information content (AvgIpc) is 3.20. The highest BCUT2D eigenvalue weighted by Gasteiger charge is 2.45. The Morgan fingerprint density at radius 3 is 2.48 bits per heavy atom. The molecule has 27 heavy (non-hydrogen) atoms. The van der Waals surface area contributed by atoms with E-state index in [0.717, 1.165) is 56.4 Å². The molecule has 0 radical (unpaired) electrons. The molecule has 2 aliphatic rings. The van der Waals surface area contributed by atoms with Crippen molar-refractivity contribution in [3.63, 3.8) is 0 Å². The Kier molecular flexibility index (Phi) is 5.35. The number of likely N-dealkylation sites (tertiary alicyclic amines) is 1. The number of ether oxygens (including phenoxy) is 1. The monoisotopic (exact) mass is 384 g/mol. The van der Waals surface area contributed by atoms with Crippen LogP contribution in [0.25, 0.3) is 0 Å². The number of benzene rings is 1. The van der Waals surface area contributed by atoms with Crippen LogP contribution in [0.15, 0.2) is 48.8 Å². The van der Waals surface area contributed by atoms with E-state index in [9.17, 15) is 4.79 Å². The minimum atomic E-state index is -0.400. The van der Waals surface area contributed by atoms with E-state index >= 15 is 0 Å². The fourth-order valence-corrected chi connectivity index (χ4v) is 4.63. The molecule has 1 aliphatic carbocycles. The number of hydrogen-bond acceptors (Lipinski definition) is 3. The van der Waals surface area contributed by atoms with Crippen molar-refractivity contribution in [3.8, 4) is 5.75 Å². The summed E-state index contributed by atoms with van der Waals surface area (Å²) >= 11 is 6.07. The lowest BCUT2D eigenvalue weighted by atomic mass is 9.77. The quantitative estimate of drug-likeness (QED) is 0.772. The van der Waals surface area contributed by atoms with Crippen LogP contribution in [-0.4, -0.2) is 35.0 Å². The third kappa shape index (κ3) is 3.81. The lowest BCUT2D eigenvalue weighted by Gasteiger charge is -2.39. The zero-order valence-corrected chi connectivity index (χ0v) is 16.2. The molecule has 2 heterocycles. The third-order valence-corrected chi connectivity index (χ3v) is 6.13. The van der Waals surface area contributed by atoms with E-state index < -0.39 is 5.41 Å². The van der Waals surface area contributed by atoms with Crippen molar-refractivity contribution in [2.45, 2.75) is 50.0 Å². The summed E-state index contributed by atoms with van der Waals surface area (Å²) in [5.41, 5.74) is 0.704. The van der Waals surface area contributed by atoms with Crippen LogP contribution in [0.1, 0.15) is 44.1 Å². The number of pyridine rings is 1. The van der Waals surface area contributed by atoms with Crippen LogP contribution in [0, 0.1) is 0 Å². The van der Waals surface area contributed by atoms with E-state index in [1.165, 1.54) is 0 Å². The van der Waals surface area contributed by atoms with Gasteiger partial charge in [-0.25, -0.2) is 0 Å². The van der Waals surface area contributed by atoms with E-state index in [1.807, 2.05) is 41.3 Å². The van der Waals surface area contributed by atoms with Crippen molar-refractivity contribution in [3.05, 3.63) is 59.4 Å².